The van der Waals surface area contributed by atoms with Gasteiger partial charge in [-0.15, -0.1) is 0 Å². The molecule has 1 aliphatic rings. The molecule has 1 aliphatic heterocycles. The zero-order chi connectivity index (χ0) is 19.8. The molecule has 1 saturated heterocycles. The van der Waals surface area contributed by atoms with Crippen molar-refractivity contribution in [2.75, 3.05) is 11.9 Å². The molecule has 0 aliphatic carbocycles. The highest BCUT2D eigenvalue weighted by Gasteiger charge is 2.40. The molecule has 1 amide bonds. The van der Waals surface area contributed by atoms with Crippen LogP contribution in [-0.2, 0) is 19.6 Å². The number of hydrogen-bond donors (Lipinski definition) is 2. The van der Waals surface area contributed by atoms with Crippen LogP contribution in [0.3, 0.4) is 0 Å². The second-order valence-corrected chi connectivity index (χ2v) is 8.64. The Morgan fingerprint density at radius 3 is 2.44 bits per heavy atom. The molecule has 3 rings (SSSR count). The Morgan fingerprint density at radius 1 is 1.15 bits per heavy atom. The van der Waals surface area contributed by atoms with Crippen LogP contribution in [0.5, 0.6) is 0 Å². The third-order valence-corrected chi connectivity index (χ3v) is 7.07. The molecular weight excluding hydrogens is 368 g/mol. The maximum atomic E-state index is 13.4. The molecule has 2 N–H and O–H groups in total. The van der Waals surface area contributed by atoms with Crippen LogP contribution in [0.15, 0.2) is 41.3 Å². The maximum Gasteiger partial charge on any atom is 0.308 e. The summed E-state index contributed by atoms with van der Waals surface area (Å²) in [6, 6.07) is 9.36. The number of piperidine rings is 1. The first kappa shape index (κ1) is 19.3. The zero-order valence-corrected chi connectivity index (χ0v) is 16.0. The summed E-state index contributed by atoms with van der Waals surface area (Å²) in [5.41, 5.74) is 0.534. The van der Waals surface area contributed by atoms with E-state index in [1.54, 1.807) is 37.3 Å². The normalized spacial score (nSPS) is 21.1. The Morgan fingerprint density at radius 2 is 1.81 bits per heavy atom. The number of benzene rings is 2. The average Bonchev–Trinajstić information content (AvgIpc) is 2.61. The van der Waals surface area contributed by atoms with Gasteiger partial charge in [-0.1, -0.05) is 24.3 Å². The zero-order valence-electron chi connectivity index (χ0n) is 15.2. The van der Waals surface area contributed by atoms with Crippen molar-refractivity contribution in [3.8, 4) is 0 Å². The number of sulfonamides is 1. The van der Waals surface area contributed by atoms with E-state index in [-0.39, 0.29) is 17.3 Å². The fraction of sp³-hybridized carbons (Fsp3) is 0.368. The van der Waals surface area contributed by atoms with Gasteiger partial charge in [0, 0.05) is 36.0 Å². The molecule has 2 aromatic rings. The van der Waals surface area contributed by atoms with Crippen LogP contribution >= 0.6 is 0 Å². The number of amides is 1. The number of anilines is 1. The summed E-state index contributed by atoms with van der Waals surface area (Å²) in [4.78, 5) is 23.0. The van der Waals surface area contributed by atoms with Crippen molar-refractivity contribution in [1.82, 2.24) is 4.31 Å². The summed E-state index contributed by atoms with van der Waals surface area (Å²) in [5.74, 6) is -1.95. The molecule has 2 aromatic carbocycles. The van der Waals surface area contributed by atoms with Gasteiger partial charge < -0.3 is 10.4 Å². The average molecular weight is 390 g/mol. The monoisotopic (exact) mass is 390 g/mol. The molecule has 0 radical (unpaired) electrons. The van der Waals surface area contributed by atoms with Crippen LogP contribution in [0.25, 0.3) is 10.8 Å². The lowest BCUT2D eigenvalue weighted by Crippen LogP contribution is -2.49. The number of aliphatic carboxylic acids is 1. The van der Waals surface area contributed by atoms with E-state index in [9.17, 15) is 23.1 Å². The number of hydrogen-bond acceptors (Lipinski definition) is 4. The summed E-state index contributed by atoms with van der Waals surface area (Å²) >= 11 is 0. The lowest BCUT2D eigenvalue weighted by Gasteiger charge is -2.36. The SMILES string of the molecule is CC(=O)Nc1ccc(S(=O)(=O)N2CCC[C@@H](C(=O)O)[C@H]2C)c2ccccc12. The third-order valence-electron chi connectivity index (χ3n) is 5.03. The van der Waals surface area contributed by atoms with Gasteiger partial charge in [0.1, 0.15) is 0 Å². The van der Waals surface area contributed by atoms with E-state index in [0.29, 0.717) is 29.3 Å². The second kappa shape index (κ2) is 7.28. The Hall–Kier alpha value is -2.45. The highest BCUT2D eigenvalue weighted by atomic mass is 32.2. The van der Waals surface area contributed by atoms with Gasteiger partial charge in [-0.05, 0) is 31.9 Å². The minimum Gasteiger partial charge on any atom is -0.481 e. The molecule has 7 nitrogen and oxygen atoms in total. The van der Waals surface area contributed by atoms with Gasteiger partial charge >= 0.3 is 5.97 Å². The van der Waals surface area contributed by atoms with Crippen LogP contribution in [0.2, 0.25) is 0 Å². The molecule has 0 unspecified atom stereocenters. The molecule has 27 heavy (non-hydrogen) atoms. The molecule has 0 aromatic heterocycles. The van der Waals surface area contributed by atoms with E-state index in [2.05, 4.69) is 5.32 Å². The molecule has 0 bridgehead atoms. The first-order valence-corrected chi connectivity index (χ1v) is 10.2. The Balaban J connectivity index is 2.11. The summed E-state index contributed by atoms with van der Waals surface area (Å²) in [6.07, 6.45) is 0.965. The summed E-state index contributed by atoms with van der Waals surface area (Å²) in [6.45, 7) is 3.32. The van der Waals surface area contributed by atoms with Gasteiger partial charge in [0.15, 0.2) is 0 Å². The number of carboxylic acid groups (broad SMARTS) is 1. The number of nitrogens with one attached hydrogen (secondary N) is 1. The van der Waals surface area contributed by atoms with E-state index in [0.717, 1.165) is 0 Å². The van der Waals surface area contributed by atoms with Crippen molar-refractivity contribution in [3.05, 3.63) is 36.4 Å². The highest BCUT2D eigenvalue weighted by molar-refractivity contribution is 7.89. The van der Waals surface area contributed by atoms with Crippen LogP contribution in [0.1, 0.15) is 26.7 Å². The molecule has 0 spiro atoms. The standard InChI is InChI=1S/C19H22N2O5S/c1-12-14(19(23)24)8-5-11-21(12)27(25,26)18-10-9-17(20-13(2)22)15-6-3-4-7-16(15)18/h3-4,6-7,9-10,12,14H,5,8,11H2,1-2H3,(H,20,22)(H,23,24)/t12-,14-/m1/s1. The van der Waals surface area contributed by atoms with Crippen molar-refractivity contribution in [3.63, 3.8) is 0 Å². The quantitative estimate of drug-likeness (QED) is 0.835. The molecule has 0 saturated carbocycles. The van der Waals surface area contributed by atoms with Gasteiger partial charge in [0.2, 0.25) is 15.9 Å². The summed E-state index contributed by atoms with van der Waals surface area (Å²) in [7, 11) is -3.89. The van der Waals surface area contributed by atoms with Gasteiger partial charge in [-0.25, -0.2) is 8.42 Å². The number of carbonyl (C=O) groups is 2. The minimum atomic E-state index is -3.89. The van der Waals surface area contributed by atoms with Crippen LogP contribution in [-0.4, -0.2) is 42.3 Å². The van der Waals surface area contributed by atoms with E-state index in [1.807, 2.05) is 0 Å². The highest BCUT2D eigenvalue weighted by Crippen LogP contribution is 2.34. The number of rotatable bonds is 4. The van der Waals surface area contributed by atoms with Gasteiger partial charge in [0.05, 0.1) is 10.8 Å². The Bertz CT molecular complexity index is 1000. The van der Waals surface area contributed by atoms with Crippen LogP contribution < -0.4 is 5.32 Å². The topological polar surface area (TPSA) is 104 Å². The van der Waals surface area contributed by atoms with Crippen molar-refractivity contribution in [2.24, 2.45) is 5.92 Å². The first-order valence-electron chi connectivity index (χ1n) is 8.77. The molecule has 1 fully saturated rings. The van der Waals surface area contributed by atoms with Crippen molar-refractivity contribution in [2.45, 2.75) is 37.6 Å². The Labute approximate surface area is 158 Å². The molecule has 1 heterocycles. The fourth-order valence-electron chi connectivity index (χ4n) is 3.70. The van der Waals surface area contributed by atoms with E-state index >= 15 is 0 Å². The Kier molecular flexibility index (Phi) is 5.21. The largest absolute Gasteiger partial charge is 0.481 e. The van der Waals surface area contributed by atoms with Gasteiger partial charge in [-0.2, -0.15) is 4.31 Å². The van der Waals surface area contributed by atoms with E-state index in [1.165, 1.54) is 17.3 Å². The predicted octanol–water partition coefficient (Wildman–Crippen LogP) is 2.67. The fourth-order valence-corrected chi connectivity index (χ4v) is 5.61. The third kappa shape index (κ3) is 3.54. The van der Waals surface area contributed by atoms with Gasteiger partial charge in [0.25, 0.3) is 0 Å². The summed E-state index contributed by atoms with van der Waals surface area (Å²) < 4.78 is 28.0. The summed E-state index contributed by atoms with van der Waals surface area (Å²) in [5, 5.41) is 13.2. The molecule has 8 heteroatoms. The lowest BCUT2D eigenvalue weighted by atomic mass is 9.92. The molecule has 144 valence electrons. The first-order chi connectivity index (χ1) is 12.7. The van der Waals surface area contributed by atoms with Crippen molar-refractivity contribution in [1.29, 1.82) is 0 Å². The number of carbonyl (C=O) groups excluding carboxylic acids is 1. The number of fused-ring (bicyclic) bond motifs is 1. The van der Waals surface area contributed by atoms with Gasteiger partial charge in [-0.3, -0.25) is 9.59 Å². The van der Waals surface area contributed by atoms with Crippen molar-refractivity contribution >= 4 is 38.4 Å². The van der Waals surface area contributed by atoms with E-state index < -0.39 is 28.0 Å². The smallest absolute Gasteiger partial charge is 0.308 e. The molecular formula is C19H22N2O5S. The van der Waals surface area contributed by atoms with Crippen LogP contribution in [0.4, 0.5) is 5.69 Å². The lowest BCUT2D eigenvalue weighted by molar-refractivity contribution is -0.144. The number of nitrogens with zero attached hydrogens (tertiary/aromatic N) is 1. The second-order valence-electron chi connectivity index (χ2n) is 6.78. The minimum absolute atomic E-state index is 0.116. The predicted molar refractivity (Wildman–Crippen MR) is 102 cm³/mol. The van der Waals surface area contributed by atoms with E-state index in [4.69, 9.17) is 0 Å². The number of carboxylic acids is 1. The van der Waals surface area contributed by atoms with Crippen LogP contribution in [0, 0.1) is 5.92 Å². The maximum absolute atomic E-state index is 13.4. The van der Waals surface area contributed by atoms with Crippen molar-refractivity contribution < 1.29 is 23.1 Å². The molecule has 2 atom stereocenters.